The second-order valence-corrected chi connectivity index (χ2v) is 7.55. The van der Waals surface area contributed by atoms with Crippen LogP contribution in [0.25, 0.3) is 11.3 Å². The summed E-state index contributed by atoms with van der Waals surface area (Å²) in [6.07, 6.45) is 0. The van der Waals surface area contributed by atoms with Gasteiger partial charge in [-0.3, -0.25) is 4.79 Å². The summed E-state index contributed by atoms with van der Waals surface area (Å²) in [5.74, 6) is 2.42. The molecule has 0 saturated carbocycles. The van der Waals surface area contributed by atoms with Gasteiger partial charge in [0, 0.05) is 31.7 Å². The summed E-state index contributed by atoms with van der Waals surface area (Å²) >= 11 is 1.48. The molecule has 7 nitrogen and oxygen atoms in total. The maximum atomic E-state index is 12.5. The molecular weight excluding hydrogens is 376 g/mol. The van der Waals surface area contributed by atoms with Gasteiger partial charge in [0.15, 0.2) is 17.3 Å². The van der Waals surface area contributed by atoms with Crippen molar-refractivity contribution in [1.29, 1.82) is 0 Å². The highest BCUT2D eigenvalue weighted by atomic mass is 32.1. The minimum Gasteiger partial charge on any atom is -0.454 e. The van der Waals surface area contributed by atoms with Crippen LogP contribution in [-0.4, -0.2) is 54.0 Å². The summed E-state index contributed by atoms with van der Waals surface area (Å²) in [5.41, 5.74) is 1.73. The fourth-order valence-corrected chi connectivity index (χ4v) is 4.09. The van der Waals surface area contributed by atoms with Gasteiger partial charge in [0.25, 0.3) is 5.91 Å². The van der Waals surface area contributed by atoms with Crippen LogP contribution >= 0.6 is 11.3 Å². The molecule has 2 aliphatic rings. The van der Waals surface area contributed by atoms with Crippen molar-refractivity contribution in [3.8, 4) is 22.8 Å². The fraction of sp³-hybridized carbons (Fsp3) is 0.250. The number of nitrogens with zero attached hydrogens (tertiary/aromatic N) is 4. The third-order valence-corrected chi connectivity index (χ3v) is 5.80. The molecule has 5 rings (SSSR count). The van der Waals surface area contributed by atoms with E-state index in [1.165, 1.54) is 11.3 Å². The summed E-state index contributed by atoms with van der Waals surface area (Å²) in [6.45, 7) is 3.11. The van der Waals surface area contributed by atoms with Gasteiger partial charge >= 0.3 is 0 Å². The molecule has 0 spiro atoms. The van der Waals surface area contributed by atoms with E-state index in [2.05, 4.69) is 15.1 Å². The highest BCUT2D eigenvalue weighted by Crippen LogP contribution is 2.35. The third kappa shape index (κ3) is 3.16. The minimum atomic E-state index is 0.110. The van der Waals surface area contributed by atoms with Crippen molar-refractivity contribution in [3.63, 3.8) is 0 Å². The minimum absolute atomic E-state index is 0.110. The Bertz CT molecular complexity index is 983. The molecule has 0 aliphatic carbocycles. The number of aromatic nitrogens is 2. The molecule has 0 unspecified atom stereocenters. The molecule has 0 atom stereocenters. The standard InChI is InChI=1S/C20H18N4O3S/c25-20(18-2-1-11-28-18)24-9-7-23(8-10-24)19-6-4-15(21-22-19)14-3-5-16-17(12-14)27-13-26-16/h1-6,11-12H,7-10,13H2. The molecule has 1 saturated heterocycles. The van der Waals surface area contributed by atoms with Crippen LogP contribution in [-0.2, 0) is 0 Å². The summed E-state index contributed by atoms with van der Waals surface area (Å²) in [4.78, 5) is 17.3. The summed E-state index contributed by atoms with van der Waals surface area (Å²) in [6, 6.07) is 13.5. The average molecular weight is 394 g/mol. The van der Waals surface area contributed by atoms with Crippen LogP contribution in [0, 0.1) is 0 Å². The molecule has 2 aromatic heterocycles. The number of fused-ring (bicyclic) bond motifs is 1. The predicted octanol–water partition coefficient (Wildman–Crippen LogP) is 2.90. The Balaban J connectivity index is 1.25. The van der Waals surface area contributed by atoms with Crippen LogP contribution in [0.4, 0.5) is 5.82 Å². The van der Waals surface area contributed by atoms with Crippen molar-refractivity contribution < 1.29 is 14.3 Å². The lowest BCUT2D eigenvalue weighted by Gasteiger charge is -2.35. The quantitative estimate of drug-likeness (QED) is 0.681. The average Bonchev–Trinajstić information content (AvgIpc) is 3.45. The zero-order chi connectivity index (χ0) is 18.9. The zero-order valence-corrected chi connectivity index (χ0v) is 15.9. The summed E-state index contributed by atoms with van der Waals surface area (Å²) in [5, 5.41) is 10.7. The van der Waals surface area contributed by atoms with E-state index in [1.54, 1.807) is 0 Å². The first kappa shape index (κ1) is 17.0. The predicted molar refractivity (Wildman–Crippen MR) is 106 cm³/mol. The Morgan fingerprint density at radius 3 is 2.57 bits per heavy atom. The molecule has 142 valence electrons. The van der Waals surface area contributed by atoms with E-state index in [0.29, 0.717) is 13.1 Å². The zero-order valence-electron chi connectivity index (χ0n) is 15.1. The van der Waals surface area contributed by atoms with Gasteiger partial charge in [-0.1, -0.05) is 6.07 Å². The number of hydrogen-bond donors (Lipinski definition) is 0. The van der Waals surface area contributed by atoms with E-state index in [0.717, 1.165) is 46.5 Å². The third-order valence-electron chi connectivity index (χ3n) is 4.94. The molecule has 1 fully saturated rings. The lowest BCUT2D eigenvalue weighted by atomic mass is 10.1. The van der Waals surface area contributed by atoms with Crippen LogP contribution in [0.15, 0.2) is 47.8 Å². The molecule has 0 bridgehead atoms. The van der Waals surface area contributed by atoms with Gasteiger partial charge in [0.05, 0.1) is 10.6 Å². The SMILES string of the molecule is O=C(c1cccs1)N1CCN(c2ccc(-c3ccc4c(c3)OCO4)nn2)CC1. The smallest absolute Gasteiger partial charge is 0.264 e. The van der Waals surface area contributed by atoms with E-state index >= 15 is 0 Å². The molecule has 8 heteroatoms. The number of piperazine rings is 1. The van der Waals surface area contributed by atoms with Crippen molar-refractivity contribution in [2.45, 2.75) is 0 Å². The Hall–Kier alpha value is -3.13. The van der Waals surface area contributed by atoms with Crippen LogP contribution in [0.3, 0.4) is 0 Å². The number of thiophene rings is 1. The van der Waals surface area contributed by atoms with E-state index in [4.69, 9.17) is 9.47 Å². The highest BCUT2D eigenvalue weighted by molar-refractivity contribution is 7.12. The first-order chi connectivity index (χ1) is 13.8. The normalized spacial score (nSPS) is 15.7. The van der Waals surface area contributed by atoms with Crippen molar-refractivity contribution in [1.82, 2.24) is 15.1 Å². The number of hydrogen-bond acceptors (Lipinski definition) is 7. The molecule has 4 heterocycles. The molecule has 1 aromatic carbocycles. The van der Waals surface area contributed by atoms with Gasteiger partial charge in [-0.05, 0) is 41.8 Å². The Morgan fingerprint density at radius 1 is 0.964 bits per heavy atom. The number of carbonyl (C=O) groups is 1. The first-order valence-electron chi connectivity index (χ1n) is 9.09. The van der Waals surface area contributed by atoms with Gasteiger partial charge in [-0.15, -0.1) is 21.5 Å². The number of ether oxygens (including phenoxy) is 2. The lowest BCUT2D eigenvalue weighted by molar-refractivity contribution is 0.0751. The maximum absolute atomic E-state index is 12.5. The monoisotopic (exact) mass is 394 g/mol. The van der Waals surface area contributed by atoms with E-state index in [9.17, 15) is 4.79 Å². The van der Waals surface area contributed by atoms with Crippen molar-refractivity contribution in [3.05, 3.63) is 52.7 Å². The Kier molecular flexibility index (Phi) is 4.32. The van der Waals surface area contributed by atoms with Crippen LogP contribution < -0.4 is 14.4 Å². The molecule has 1 amide bonds. The van der Waals surface area contributed by atoms with Gasteiger partial charge in [-0.2, -0.15) is 0 Å². The second kappa shape index (κ2) is 7.12. The maximum Gasteiger partial charge on any atom is 0.264 e. The highest BCUT2D eigenvalue weighted by Gasteiger charge is 2.23. The van der Waals surface area contributed by atoms with Gasteiger partial charge in [0.1, 0.15) is 0 Å². The van der Waals surface area contributed by atoms with E-state index < -0.39 is 0 Å². The molecular formula is C20H18N4O3S. The summed E-state index contributed by atoms with van der Waals surface area (Å²) in [7, 11) is 0. The molecule has 0 radical (unpaired) electrons. The van der Waals surface area contributed by atoms with Crippen LogP contribution in [0.5, 0.6) is 11.5 Å². The lowest BCUT2D eigenvalue weighted by Crippen LogP contribution is -2.48. The number of benzene rings is 1. The topological polar surface area (TPSA) is 67.8 Å². The van der Waals surface area contributed by atoms with Crippen molar-refractivity contribution in [2.75, 3.05) is 37.9 Å². The van der Waals surface area contributed by atoms with E-state index in [1.807, 2.05) is 52.7 Å². The Morgan fingerprint density at radius 2 is 1.82 bits per heavy atom. The molecule has 3 aromatic rings. The molecule has 2 aliphatic heterocycles. The largest absolute Gasteiger partial charge is 0.454 e. The molecule has 0 N–H and O–H groups in total. The summed E-state index contributed by atoms with van der Waals surface area (Å²) < 4.78 is 10.8. The Labute approximate surface area is 166 Å². The van der Waals surface area contributed by atoms with Crippen LogP contribution in [0.2, 0.25) is 0 Å². The van der Waals surface area contributed by atoms with Crippen LogP contribution in [0.1, 0.15) is 9.67 Å². The first-order valence-corrected chi connectivity index (χ1v) is 9.97. The second-order valence-electron chi connectivity index (χ2n) is 6.60. The number of carbonyl (C=O) groups excluding carboxylic acids is 1. The van der Waals surface area contributed by atoms with Gasteiger partial charge in [0.2, 0.25) is 6.79 Å². The van der Waals surface area contributed by atoms with Gasteiger partial charge in [-0.25, -0.2) is 0 Å². The van der Waals surface area contributed by atoms with Gasteiger partial charge < -0.3 is 19.3 Å². The van der Waals surface area contributed by atoms with E-state index in [-0.39, 0.29) is 12.7 Å². The fourth-order valence-electron chi connectivity index (χ4n) is 3.40. The number of anilines is 1. The van der Waals surface area contributed by atoms with Crippen molar-refractivity contribution >= 4 is 23.1 Å². The number of amides is 1. The molecule has 28 heavy (non-hydrogen) atoms. The van der Waals surface area contributed by atoms with Crippen molar-refractivity contribution in [2.24, 2.45) is 0 Å². The number of rotatable bonds is 3.